The highest BCUT2D eigenvalue weighted by Gasteiger charge is 0.805. The van der Waals surface area contributed by atoms with Crippen molar-refractivity contribution in [1.29, 1.82) is 0 Å². The van der Waals surface area contributed by atoms with Gasteiger partial charge in [-0.15, -0.1) is 0 Å². The van der Waals surface area contributed by atoms with Gasteiger partial charge in [-0.1, -0.05) is 0 Å². The Morgan fingerprint density at radius 1 is 0.800 bits per heavy atom. The minimum Gasteiger partial charge on any atom is -0.381 e. The fraction of sp³-hybridized carbons (Fsp3) is 0. The van der Waals surface area contributed by atoms with E-state index in [0.717, 1.165) is 0 Å². The van der Waals surface area contributed by atoms with Gasteiger partial charge in [-0.2, -0.15) is 0 Å². The molecule has 0 amide bonds. The van der Waals surface area contributed by atoms with E-state index in [-0.39, 0.29) is 11.0 Å². The van der Waals surface area contributed by atoms with E-state index in [2.05, 4.69) is 0 Å². The van der Waals surface area contributed by atoms with E-state index in [4.69, 9.17) is 8.92 Å². The molecule has 0 fully saturated rings. The SMILES string of the molecule is O=[Si].O=[Si].[Si]. The van der Waals surface area contributed by atoms with Crippen molar-refractivity contribution in [1.82, 2.24) is 0 Å². The molecule has 0 bridgehead atoms. The van der Waals surface area contributed by atoms with Gasteiger partial charge in [0.25, 0.3) is 0 Å². The Morgan fingerprint density at radius 2 is 0.800 bits per heavy atom. The van der Waals surface area contributed by atoms with Gasteiger partial charge in [-0.25, -0.2) is 0 Å². The number of hydrogen-bond donors (Lipinski definition) is 0. The fourth-order valence-corrected chi connectivity index (χ4v) is 0. The van der Waals surface area contributed by atoms with Crippen LogP contribution in [0.25, 0.3) is 0 Å². The van der Waals surface area contributed by atoms with Gasteiger partial charge in [0.1, 0.15) is 0 Å². The van der Waals surface area contributed by atoms with Crippen LogP contribution in [0, 0.1) is 0 Å². The van der Waals surface area contributed by atoms with Gasteiger partial charge >= 0.3 is 20.3 Å². The maximum Gasteiger partial charge on any atom is 0.381 e. The molecule has 0 aromatic rings. The Bertz CT molecular complexity index is 6.85. The first-order valence-corrected chi connectivity index (χ1v) is 1.22. The predicted octanol–water partition coefficient (Wildman–Crippen LogP) is -1.38. The molecular weight excluding hydrogens is 116 g/mol. The first-order chi connectivity index (χ1) is 2.00. The van der Waals surface area contributed by atoms with Crippen molar-refractivity contribution < 1.29 is 8.92 Å². The lowest BCUT2D eigenvalue weighted by Crippen LogP contribution is -0.969. The molecule has 0 N–H and O–H groups in total. The van der Waals surface area contributed by atoms with Crippen molar-refractivity contribution in [3.63, 3.8) is 0 Å². The largest absolute Gasteiger partial charge is 0.381 e. The summed E-state index contributed by atoms with van der Waals surface area (Å²) in [5.74, 6) is 0. The average molecular weight is 116 g/mol. The molecule has 5 heteroatoms. The molecule has 0 aliphatic rings. The lowest BCUT2D eigenvalue weighted by atomic mass is 16.0. The van der Waals surface area contributed by atoms with Crippen molar-refractivity contribution in [2.45, 2.75) is 0 Å². The molecule has 8 radical (unpaired) electrons. The molecule has 0 aliphatic heterocycles. The van der Waals surface area contributed by atoms with E-state index < -0.39 is 0 Å². The predicted molar refractivity (Wildman–Crippen MR) is 18.6 cm³/mol. The third-order valence-corrected chi connectivity index (χ3v) is 0. The number of hydrogen-bond acceptors (Lipinski definition) is 2. The molecule has 0 saturated heterocycles. The van der Waals surface area contributed by atoms with Gasteiger partial charge in [0, 0.05) is 11.0 Å². The molecule has 0 aromatic carbocycles. The number of rotatable bonds is 0. The van der Waals surface area contributed by atoms with Crippen LogP contribution in [0.3, 0.4) is 0 Å². The maximum atomic E-state index is 8.06. The topological polar surface area (TPSA) is 34.1 Å². The molecule has 0 spiro atoms. The van der Waals surface area contributed by atoms with Gasteiger partial charge in [0.15, 0.2) is 0 Å². The van der Waals surface area contributed by atoms with Crippen molar-refractivity contribution in [2.24, 2.45) is 0 Å². The highest BCUT2D eigenvalue weighted by molar-refractivity contribution is 5.85. The highest BCUT2D eigenvalue weighted by atomic mass is 28.1. The van der Waals surface area contributed by atoms with Crippen LogP contribution in [0.15, 0.2) is 0 Å². The smallest absolute Gasteiger partial charge is 0.381 e. The van der Waals surface area contributed by atoms with E-state index in [1.807, 2.05) is 0 Å². The van der Waals surface area contributed by atoms with Crippen LogP contribution in [-0.2, 0) is 8.92 Å². The minimum absolute atomic E-state index is 0. The summed E-state index contributed by atoms with van der Waals surface area (Å²) in [5, 5.41) is 0. The van der Waals surface area contributed by atoms with E-state index >= 15 is 0 Å². The summed E-state index contributed by atoms with van der Waals surface area (Å²) in [6.45, 7) is 0. The van der Waals surface area contributed by atoms with Crippen molar-refractivity contribution >= 4 is 31.2 Å². The van der Waals surface area contributed by atoms with E-state index in [0.29, 0.717) is 0 Å². The first-order valence-electron chi connectivity index (χ1n) is 0.408. The van der Waals surface area contributed by atoms with Gasteiger partial charge in [0.2, 0.25) is 0 Å². The Morgan fingerprint density at radius 3 is 0.800 bits per heavy atom. The van der Waals surface area contributed by atoms with E-state index in [1.54, 1.807) is 20.3 Å². The monoisotopic (exact) mass is 116 g/mol. The summed E-state index contributed by atoms with van der Waals surface area (Å²) < 4.78 is 16.1. The molecule has 0 aliphatic carbocycles. The second-order valence-corrected chi connectivity index (χ2v) is 0. The van der Waals surface area contributed by atoms with Crippen molar-refractivity contribution in [3.8, 4) is 0 Å². The Balaban J connectivity index is -0.0000000133. The van der Waals surface area contributed by atoms with Gasteiger partial charge in [-0.05, 0) is 0 Å². The van der Waals surface area contributed by atoms with E-state index in [1.165, 1.54) is 0 Å². The molecule has 2 nitrogen and oxygen atoms in total. The van der Waals surface area contributed by atoms with Gasteiger partial charge in [0.05, 0.1) is 0 Å². The summed E-state index contributed by atoms with van der Waals surface area (Å²) in [6, 6.07) is 0. The normalized spacial score (nSPS) is 1.60. The molecular formula is O2Si3. The summed E-state index contributed by atoms with van der Waals surface area (Å²) in [7, 11) is 3.44. The maximum absolute atomic E-state index is 8.06. The Labute approximate surface area is 40.9 Å². The third-order valence-electron chi connectivity index (χ3n) is 0. The zero-order valence-electron chi connectivity index (χ0n) is 2.32. The lowest BCUT2D eigenvalue weighted by Gasteiger charge is -0.803. The second-order valence-electron chi connectivity index (χ2n) is 0. The Kier molecular flexibility index (Phi) is 2680. The quantitative estimate of drug-likeness (QED) is 0.366. The fourth-order valence-electron chi connectivity index (χ4n) is 0. The van der Waals surface area contributed by atoms with Crippen LogP contribution in [0.5, 0.6) is 0 Å². The summed E-state index contributed by atoms with van der Waals surface area (Å²) in [6.07, 6.45) is 0. The molecule has 0 atom stereocenters. The molecule has 0 unspecified atom stereocenters. The molecule has 24 valence electrons. The summed E-state index contributed by atoms with van der Waals surface area (Å²) in [5.41, 5.74) is 0. The van der Waals surface area contributed by atoms with Crippen LogP contribution in [0.4, 0.5) is 0 Å². The van der Waals surface area contributed by atoms with Crippen LogP contribution < -0.4 is 0 Å². The Hall–Kier alpha value is 0.251. The summed E-state index contributed by atoms with van der Waals surface area (Å²) >= 11 is 0. The standard InChI is InChI=1S/2OSi.Si/c2*1-2;. The summed E-state index contributed by atoms with van der Waals surface area (Å²) in [4.78, 5) is 0. The van der Waals surface area contributed by atoms with Crippen LogP contribution >= 0.6 is 0 Å². The first kappa shape index (κ1) is 18.7. The molecule has 0 aromatic heterocycles. The van der Waals surface area contributed by atoms with Crippen LogP contribution in [0.2, 0.25) is 0 Å². The second kappa shape index (κ2) is 715. The van der Waals surface area contributed by atoms with Crippen molar-refractivity contribution in [2.75, 3.05) is 0 Å². The zero-order chi connectivity index (χ0) is 4.00. The van der Waals surface area contributed by atoms with Gasteiger partial charge in [-0.3, -0.25) is 0 Å². The van der Waals surface area contributed by atoms with E-state index in [9.17, 15) is 0 Å². The van der Waals surface area contributed by atoms with Crippen LogP contribution in [0.1, 0.15) is 0 Å². The zero-order valence-corrected chi connectivity index (χ0v) is 5.32. The minimum atomic E-state index is 0. The van der Waals surface area contributed by atoms with Crippen LogP contribution in [-0.4, -0.2) is 31.2 Å². The molecule has 0 rings (SSSR count). The lowest BCUT2D eigenvalue weighted by molar-refractivity contribution is 0.589. The molecule has 0 heterocycles. The molecule has 0 saturated carbocycles. The highest BCUT2D eigenvalue weighted by Crippen LogP contribution is 0.471. The molecule has 5 heavy (non-hydrogen) atoms. The average Bonchev–Trinajstić information content (AvgIpc) is 1.50. The van der Waals surface area contributed by atoms with Crippen molar-refractivity contribution in [3.05, 3.63) is 0 Å². The van der Waals surface area contributed by atoms with Gasteiger partial charge < -0.3 is 8.92 Å². The third kappa shape index (κ3) is 343.